The van der Waals surface area contributed by atoms with Gasteiger partial charge in [0.05, 0.1) is 0 Å². The highest BCUT2D eigenvalue weighted by Gasteiger charge is 2.19. The fourth-order valence-corrected chi connectivity index (χ4v) is 2.97. The van der Waals surface area contributed by atoms with Crippen molar-refractivity contribution in [3.05, 3.63) is 31.9 Å². The fraction of sp³-hybridized carbons (Fsp3) is 0.538. The van der Waals surface area contributed by atoms with Crippen LogP contribution in [0.15, 0.2) is 6.07 Å². The van der Waals surface area contributed by atoms with E-state index in [-0.39, 0.29) is 5.41 Å². The van der Waals surface area contributed by atoms with Crippen molar-refractivity contribution in [2.24, 2.45) is 0 Å². The smallest absolute Gasteiger partial charge is 0.0199 e. The SMILES string of the molecule is Cc1cc(C(C)(C)C)c(I)c(C)c1C. The molecule has 14 heavy (non-hydrogen) atoms. The van der Waals surface area contributed by atoms with E-state index >= 15 is 0 Å². The molecule has 0 fully saturated rings. The highest BCUT2D eigenvalue weighted by molar-refractivity contribution is 14.1. The van der Waals surface area contributed by atoms with Crippen molar-refractivity contribution >= 4 is 22.6 Å². The summed E-state index contributed by atoms with van der Waals surface area (Å²) in [5.74, 6) is 0. The van der Waals surface area contributed by atoms with Gasteiger partial charge in [-0.3, -0.25) is 0 Å². The van der Waals surface area contributed by atoms with Crippen LogP contribution in [-0.2, 0) is 5.41 Å². The van der Waals surface area contributed by atoms with E-state index in [9.17, 15) is 0 Å². The van der Waals surface area contributed by atoms with E-state index in [1.807, 2.05) is 0 Å². The molecule has 1 rings (SSSR count). The molecule has 0 spiro atoms. The number of halogens is 1. The van der Waals surface area contributed by atoms with E-state index in [1.165, 1.54) is 25.8 Å². The van der Waals surface area contributed by atoms with Gasteiger partial charge < -0.3 is 0 Å². The Balaban J connectivity index is 3.49. The highest BCUT2D eigenvalue weighted by Crippen LogP contribution is 2.32. The molecular formula is C13H19I. The number of rotatable bonds is 0. The molecule has 0 saturated carbocycles. The summed E-state index contributed by atoms with van der Waals surface area (Å²) in [5, 5.41) is 0. The fourth-order valence-electron chi connectivity index (χ4n) is 1.60. The molecule has 0 heterocycles. The van der Waals surface area contributed by atoms with Crippen LogP contribution in [0.2, 0.25) is 0 Å². The van der Waals surface area contributed by atoms with Crippen LogP contribution in [0.4, 0.5) is 0 Å². The number of hydrogen-bond acceptors (Lipinski definition) is 0. The van der Waals surface area contributed by atoms with Gasteiger partial charge in [0, 0.05) is 3.57 Å². The summed E-state index contributed by atoms with van der Waals surface area (Å²) in [6.45, 7) is 13.5. The molecule has 1 heteroatoms. The molecule has 0 nitrogen and oxygen atoms in total. The van der Waals surface area contributed by atoms with E-state index in [2.05, 4.69) is 70.2 Å². The first-order valence-corrected chi connectivity index (χ1v) is 6.10. The molecule has 78 valence electrons. The minimum atomic E-state index is 0.250. The summed E-state index contributed by atoms with van der Waals surface area (Å²) in [6.07, 6.45) is 0. The zero-order chi connectivity index (χ0) is 11.1. The van der Waals surface area contributed by atoms with Gasteiger partial charge >= 0.3 is 0 Å². The van der Waals surface area contributed by atoms with Crippen LogP contribution < -0.4 is 0 Å². The maximum Gasteiger partial charge on any atom is 0.0199 e. The zero-order valence-electron chi connectivity index (χ0n) is 9.96. The zero-order valence-corrected chi connectivity index (χ0v) is 12.1. The highest BCUT2D eigenvalue weighted by atomic mass is 127. The van der Waals surface area contributed by atoms with Crippen LogP contribution in [0.25, 0.3) is 0 Å². The van der Waals surface area contributed by atoms with Gasteiger partial charge in [-0.15, -0.1) is 0 Å². The van der Waals surface area contributed by atoms with E-state index in [4.69, 9.17) is 0 Å². The topological polar surface area (TPSA) is 0 Å². The minimum Gasteiger partial charge on any atom is -0.0560 e. The summed E-state index contributed by atoms with van der Waals surface area (Å²) in [6, 6.07) is 2.34. The van der Waals surface area contributed by atoms with Crippen molar-refractivity contribution in [3.8, 4) is 0 Å². The third kappa shape index (κ3) is 2.13. The first-order chi connectivity index (χ1) is 6.25. The maximum atomic E-state index is 2.47. The predicted octanol–water partition coefficient (Wildman–Crippen LogP) is 4.51. The Kier molecular flexibility index (Phi) is 3.30. The second kappa shape index (κ2) is 3.84. The van der Waals surface area contributed by atoms with Crippen molar-refractivity contribution in [1.29, 1.82) is 0 Å². The molecule has 0 radical (unpaired) electrons. The van der Waals surface area contributed by atoms with Gasteiger partial charge in [-0.25, -0.2) is 0 Å². The Morgan fingerprint density at radius 2 is 1.50 bits per heavy atom. The Labute approximate surface area is 101 Å². The molecule has 0 aliphatic carbocycles. The van der Waals surface area contributed by atoms with Crippen molar-refractivity contribution in [2.45, 2.75) is 47.0 Å². The van der Waals surface area contributed by atoms with E-state index in [0.29, 0.717) is 0 Å². The van der Waals surface area contributed by atoms with Gasteiger partial charge in [-0.05, 0) is 71.0 Å². The Morgan fingerprint density at radius 3 is 1.93 bits per heavy atom. The predicted molar refractivity (Wildman–Crippen MR) is 72.1 cm³/mol. The van der Waals surface area contributed by atoms with Crippen molar-refractivity contribution in [2.75, 3.05) is 0 Å². The average molecular weight is 302 g/mol. The summed E-state index contributed by atoms with van der Waals surface area (Å²) in [4.78, 5) is 0. The van der Waals surface area contributed by atoms with Gasteiger partial charge in [0.25, 0.3) is 0 Å². The molecule has 1 aromatic rings. The van der Waals surface area contributed by atoms with Gasteiger partial charge in [0.15, 0.2) is 0 Å². The molecule has 0 aromatic heterocycles. The quantitative estimate of drug-likeness (QED) is 0.618. The van der Waals surface area contributed by atoms with Crippen LogP contribution in [0.3, 0.4) is 0 Å². The lowest BCUT2D eigenvalue weighted by Gasteiger charge is -2.24. The van der Waals surface area contributed by atoms with Crippen molar-refractivity contribution < 1.29 is 0 Å². The minimum absolute atomic E-state index is 0.250. The summed E-state index contributed by atoms with van der Waals surface area (Å²) < 4.78 is 1.43. The molecule has 0 aliphatic rings. The van der Waals surface area contributed by atoms with Gasteiger partial charge in [0.1, 0.15) is 0 Å². The standard InChI is InChI=1S/C13H19I/c1-8-7-11(13(4,5)6)12(14)10(3)9(8)2/h7H,1-6H3. The summed E-state index contributed by atoms with van der Waals surface area (Å²) >= 11 is 2.47. The lowest BCUT2D eigenvalue weighted by molar-refractivity contribution is 0.585. The number of hydrogen-bond donors (Lipinski definition) is 0. The van der Waals surface area contributed by atoms with Crippen LogP contribution in [-0.4, -0.2) is 0 Å². The monoisotopic (exact) mass is 302 g/mol. The molecule has 0 bridgehead atoms. The maximum absolute atomic E-state index is 2.47. The molecule has 0 aliphatic heterocycles. The number of aryl methyl sites for hydroxylation is 1. The Bertz CT molecular complexity index is 356. The first kappa shape index (κ1) is 12.0. The average Bonchev–Trinajstić information content (AvgIpc) is 2.06. The van der Waals surface area contributed by atoms with Gasteiger partial charge in [0.2, 0.25) is 0 Å². The summed E-state index contributed by atoms with van der Waals surface area (Å²) in [7, 11) is 0. The third-order valence-electron chi connectivity index (χ3n) is 2.89. The van der Waals surface area contributed by atoms with Crippen LogP contribution >= 0.6 is 22.6 Å². The van der Waals surface area contributed by atoms with Gasteiger partial charge in [-0.1, -0.05) is 26.8 Å². The molecule has 0 amide bonds. The lowest BCUT2D eigenvalue weighted by Crippen LogP contribution is -2.15. The molecule has 0 unspecified atom stereocenters. The number of benzene rings is 1. The summed E-state index contributed by atoms with van der Waals surface area (Å²) in [5.41, 5.74) is 6.00. The van der Waals surface area contributed by atoms with Crippen LogP contribution in [0.5, 0.6) is 0 Å². The van der Waals surface area contributed by atoms with E-state index < -0.39 is 0 Å². The normalized spacial score (nSPS) is 11.9. The van der Waals surface area contributed by atoms with Gasteiger partial charge in [-0.2, -0.15) is 0 Å². The van der Waals surface area contributed by atoms with E-state index in [0.717, 1.165) is 0 Å². The lowest BCUT2D eigenvalue weighted by atomic mass is 9.84. The molecular weight excluding hydrogens is 283 g/mol. The molecule has 0 atom stereocenters. The second-order valence-electron chi connectivity index (χ2n) is 5.06. The van der Waals surface area contributed by atoms with Crippen molar-refractivity contribution in [1.82, 2.24) is 0 Å². The van der Waals surface area contributed by atoms with Crippen LogP contribution in [0.1, 0.15) is 43.0 Å². The molecule has 0 saturated heterocycles. The molecule has 0 N–H and O–H groups in total. The van der Waals surface area contributed by atoms with Crippen LogP contribution in [0, 0.1) is 24.3 Å². The Hall–Kier alpha value is -0.0500. The second-order valence-corrected chi connectivity index (χ2v) is 6.13. The third-order valence-corrected chi connectivity index (χ3v) is 4.28. The molecule has 1 aromatic carbocycles. The van der Waals surface area contributed by atoms with E-state index in [1.54, 1.807) is 0 Å². The Morgan fingerprint density at radius 1 is 1.00 bits per heavy atom. The van der Waals surface area contributed by atoms with Crippen molar-refractivity contribution in [3.63, 3.8) is 0 Å². The largest absolute Gasteiger partial charge is 0.0560 e. The first-order valence-electron chi connectivity index (χ1n) is 5.02.